The third-order valence-electron chi connectivity index (χ3n) is 2.89. The summed E-state index contributed by atoms with van der Waals surface area (Å²) in [5.41, 5.74) is 2.29. The summed E-state index contributed by atoms with van der Waals surface area (Å²) in [5.74, 6) is 0.869. The van der Waals surface area contributed by atoms with Crippen molar-refractivity contribution >= 4 is 10.9 Å². The molecule has 0 saturated heterocycles. The summed E-state index contributed by atoms with van der Waals surface area (Å²) < 4.78 is 11.0. The molecule has 98 valence electrons. The zero-order valence-electron chi connectivity index (χ0n) is 11.4. The maximum atomic E-state index is 5.80. The van der Waals surface area contributed by atoms with Crippen molar-refractivity contribution in [3.8, 4) is 5.75 Å². The van der Waals surface area contributed by atoms with Crippen molar-refractivity contribution in [2.45, 2.75) is 19.8 Å². The van der Waals surface area contributed by atoms with Gasteiger partial charge in [-0.25, -0.2) is 0 Å². The lowest BCUT2D eigenvalue weighted by Gasteiger charge is -2.19. The number of aromatic nitrogens is 1. The van der Waals surface area contributed by atoms with E-state index in [2.05, 4.69) is 22.0 Å². The topological polar surface area (TPSA) is 37.5 Å². The van der Waals surface area contributed by atoms with E-state index in [0.29, 0.717) is 0 Å². The Hall–Kier alpha value is -1.52. The molecule has 0 spiro atoms. The lowest BCUT2D eigenvalue weighted by Crippen LogP contribution is -2.17. The van der Waals surface area contributed by atoms with Gasteiger partial charge in [0, 0.05) is 25.4 Å². The molecule has 0 saturated carbocycles. The molecule has 1 heterocycles. The van der Waals surface area contributed by atoms with E-state index in [0.717, 1.165) is 23.4 Å². The van der Waals surface area contributed by atoms with Gasteiger partial charge in [-0.15, -0.1) is 0 Å². The summed E-state index contributed by atoms with van der Waals surface area (Å²) >= 11 is 0. The third kappa shape index (κ3) is 2.66. The zero-order chi connectivity index (χ0) is 13.1. The molecule has 0 radical (unpaired) electrons. The van der Waals surface area contributed by atoms with E-state index < -0.39 is 0 Å². The molecule has 1 N–H and O–H groups in total. The molecule has 0 aliphatic rings. The lowest BCUT2D eigenvalue weighted by atomic mass is 10.1. The fraction of sp³-hybridized carbons (Fsp3) is 0.429. The minimum absolute atomic E-state index is 0.252. The molecule has 0 aliphatic carbocycles. The first-order valence-corrected chi connectivity index (χ1v) is 6.05. The SMILES string of the molecule is COC(C)Oc1ccc2cc[nH]c2c1CN(C)C. The zero-order valence-corrected chi connectivity index (χ0v) is 11.4. The van der Waals surface area contributed by atoms with Crippen molar-refractivity contribution in [1.29, 1.82) is 0 Å². The molecule has 4 heteroatoms. The molecular weight excluding hydrogens is 228 g/mol. The van der Waals surface area contributed by atoms with Crippen LogP contribution >= 0.6 is 0 Å². The van der Waals surface area contributed by atoms with E-state index in [9.17, 15) is 0 Å². The van der Waals surface area contributed by atoms with Gasteiger partial charge in [-0.3, -0.25) is 0 Å². The molecule has 2 rings (SSSR count). The monoisotopic (exact) mass is 248 g/mol. The predicted molar refractivity (Wildman–Crippen MR) is 72.8 cm³/mol. The number of hydrogen-bond donors (Lipinski definition) is 1. The van der Waals surface area contributed by atoms with Gasteiger partial charge in [0.15, 0.2) is 6.29 Å². The summed E-state index contributed by atoms with van der Waals surface area (Å²) in [6.45, 7) is 2.71. The average Bonchev–Trinajstić information content (AvgIpc) is 2.79. The van der Waals surface area contributed by atoms with Crippen molar-refractivity contribution in [1.82, 2.24) is 9.88 Å². The van der Waals surface area contributed by atoms with Gasteiger partial charge in [-0.05, 0) is 44.6 Å². The number of rotatable bonds is 5. The molecule has 1 aromatic carbocycles. The Balaban J connectivity index is 2.43. The minimum Gasteiger partial charge on any atom is -0.465 e. The highest BCUT2D eigenvalue weighted by atomic mass is 16.7. The standard InChI is InChI=1S/C14H20N2O2/c1-10(17-4)18-13-6-5-11-7-8-15-14(11)12(13)9-16(2)3/h5-8,10,15H,9H2,1-4H3. The van der Waals surface area contributed by atoms with Gasteiger partial charge < -0.3 is 19.4 Å². The van der Waals surface area contributed by atoms with Crippen LogP contribution in [0.15, 0.2) is 24.4 Å². The second-order valence-corrected chi connectivity index (χ2v) is 4.64. The number of nitrogens with zero attached hydrogens (tertiary/aromatic N) is 1. The average molecular weight is 248 g/mol. The van der Waals surface area contributed by atoms with Crippen LogP contribution in [-0.4, -0.2) is 37.4 Å². The Labute approximate surface area is 107 Å². The van der Waals surface area contributed by atoms with Crippen molar-refractivity contribution in [3.63, 3.8) is 0 Å². The van der Waals surface area contributed by atoms with Gasteiger partial charge in [-0.1, -0.05) is 0 Å². The van der Waals surface area contributed by atoms with Crippen LogP contribution < -0.4 is 4.74 Å². The maximum Gasteiger partial charge on any atom is 0.196 e. The van der Waals surface area contributed by atoms with E-state index in [-0.39, 0.29) is 6.29 Å². The summed E-state index contributed by atoms with van der Waals surface area (Å²) in [4.78, 5) is 5.40. The second kappa shape index (κ2) is 5.42. The van der Waals surface area contributed by atoms with Crippen molar-refractivity contribution in [2.24, 2.45) is 0 Å². The molecule has 1 aromatic heterocycles. The van der Waals surface area contributed by atoms with Crippen LogP contribution in [-0.2, 0) is 11.3 Å². The number of hydrogen-bond acceptors (Lipinski definition) is 3. The van der Waals surface area contributed by atoms with E-state index in [1.54, 1.807) is 7.11 Å². The van der Waals surface area contributed by atoms with Gasteiger partial charge in [0.25, 0.3) is 0 Å². The smallest absolute Gasteiger partial charge is 0.196 e. The summed E-state index contributed by atoms with van der Waals surface area (Å²) in [6.07, 6.45) is 1.70. The molecule has 0 amide bonds. The van der Waals surface area contributed by atoms with Crippen molar-refractivity contribution in [2.75, 3.05) is 21.2 Å². The van der Waals surface area contributed by atoms with Gasteiger partial charge in [-0.2, -0.15) is 0 Å². The first kappa shape index (κ1) is 12.9. The van der Waals surface area contributed by atoms with Gasteiger partial charge >= 0.3 is 0 Å². The number of aromatic amines is 1. The fourth-order valence-corrected chi connectivity index (χ4v) is 1.98. The van der Waals surface area contributed by atoms with Crippen LogP contribution in [0.3, 0.4) is 0 Å². The van der Waals surface area contributed by atoms with E-state index in [1.807, 2.05) is 33.3 Å². The number of benzene rings is 1. The van der Waals surface area contributed by atoms with Crippen LogP contribution in [0.5, 0.6) is 5.75 Å². The number of ether oxygens (including phenoxy) is 2. The summed E-state index contributed by atoms with van der Waals surface area (Å²) in [7, 11) is 5.74. The predicted octanol–water partition coefficient (Wildman–Crippen LogP) is 2.60. The number of methoxy groups -OCH3 is 1. The highest BCUT2D eigenvalue weighted by Crippen LogP contribution is 2.28. The van der Waals surface area contributed by atoms with Gasteiger partial charge in [0.2, 0.25) is 0 Å². The molecule has 2 aromatic rings. The molecule has 1 atom stereocenters. The van der Waals surface area contributed by atoms with Gasteiger partial charge in [0.05, 0.1) is 5.52 Å². The molecule has 1 unspecified atom stereocenters. The van der Waals surface area contributed by atoms with Crippen molar-refractivity contribution in [3.05, 3.63) is 30.0 Å². The fourth-order valence-electron chi connectivity index (χ4n) is 1.98. The van der Waals surface area contributed by atoms with Crippen LogP contribution in [0.25, 0.3) is 10.9 Å². The van der Waals surface area contributed by atoms with Gasteiger partial charge in [0.1, 0.15) is 5.75 Å². The molecule has 0 fully saturated rings. The maximum absolute atomic E-state index is 5.80. The molecular formula is C14H20N2O2. The van der Waals surface area contributed by atoms with E-state index in [4.69, 9.17) is 9.47 Å². The van der Waals surface area contributed by atoms with Crippen molar-refractivity contribution < 1.29 is 9.47 Å². The number of nitrogens with one attached hydrogen (secondary N) is 1. The van der Waals surface area contributed by atoms with Crippen LogP contribution in [0.2, 0.25) is 0 Å². The Morgan fingerprint density at radius 3 is 2.72 bits per heavy atom. The normalized spacial score (nSPS) is 13.2. The highest BCUT2D eigenvalue weighted by molar-refractivity contribution is 5.84. The molecule has 18 heavy (non-hydrogen) atoms. The Bertz CT molecular complexity index is 519. The summed E-state index contributed by atoms with van der Waals surface area (Å²) in [5, 5.41) is 1.20. The quantitative estimate of drug-likeness (QED) is 0.826. The number of fused-ring (bicyclic) bond motifs is 1. The third-order valence-corrected chi connectivity index (χ3v) is 2.89. The van der Waals surface area contributed by atoms with Crippen LogP contribution in [0.4, 0.5) is 0 Å². The number of H-pyrrole nitrogens is 1. The summed E-state index contributed by atoms with van der Waals surface area (Å²) in [6, 6.07) is 6.13. The first-order valence-electron chi connectivity index (χ1n) is 6.05. The van der Waals surface area contributed by atoms with Crippen LogP contribution in [0, 0.1) is 0 Å². The highest BCUT2D eigenvalue weighted by Gasteiger charge is 2.13. The first-order chi connectivity index (χ1) is 8.61. The van der Waals surface area contributed by atoms with E-state index >= 15 is 0 Å². The molecule has 0 bridgehead atoms. The van der Waals surface area contributed by atoms with Crippen LogP contribution in [0.1, 0.15) is 12.5 Å². The Kier molecular flexibility index (Phi) is 3.89. The largest absolute Gasteiger partial charge is 0.465 e. The Morgan fingerprint density at radius 1 is 1.28 bits per heavy atom. The molecule has 4 nitrogen and oxygen atoms in total. The minimum atomic E-state index is -0.252. The lowest BCUT2D eigenvalue weighted by molar-refractivity contribution is -0.0389. The Morgan fingerprint density at radius 2 is 2.06 bits per heavy atom. The second-order valence-electron chi connectivity index (χ2n) is 4.64. The van der Waals surface area contributed by atoms with E-state index in [1.165, 1.54) is 5.39 Å². The molecule has 0 aliphatic heterocycles.